The molecule has 1 rings (SSSR count). The van der Waals surface area contributed by atoms with Crippen LogP contribution in [0.15, 0.2) is 24.3 Å². The highest BCUT2D eigenvalue weighted by Crippen LogP contribution is 2.27. The molecule has 1 N–H and O–H groups in total. The Morgan fingerprint density at radius 2 is 2.06 bits per heavy atom. The summed E-state index contributed by atoms with van der Waals surface area (Å²) in [6.45, 7) is 6.11. The van der Waals surface area contributed by atoms with E-state index in [9.17, 15) is 9.90 Å². The van der Waals surface area contributed by atoms with Crippen LogP contribution in [0.25, 0.3) is 0 Å². The Labute approximate surface area is 97.3 Å². The number of phenolic OH excluding ortho intramolecular Hbond substituents is 1. The van der Waals surface area contributed by atoms with Gasteiger partial charge in [-0.15, -0.1) is 0 Å². The van der Waals surface area contributed by atoms with Crippen LogP contribution in [0.5, 0.6) is 5.75 Å². The molecule has 0 aliphatic heterocycles. The van der Waals surface area contributed by atoms with Gasteiger partial charge >= 0.3 is 0 Å². The van der Waals surface area contributed by atoms with Crippen LogP contribution in [0.3, 0.4) is 0 Å². The van der Waals surface area contributed by atoms with Gasteiger partial charge in [-0.05, 0) is 30.0 Å². The van der Waals surface area contributed by atoms with Gasteiger partial charge in [0.15, 0.2) is 0 Å². The predicted molar refractivity (Wildman–Crippen MR) is 65.6 cm³/mol. The average Bonchev–Trinajstić information content (AvgIpc) is 2.24. The van der Waals surface area contributed by atoms with Gasteiger partial charge in [0.05, 0.1) is 0 Å². The van der Waals surface area contributed by atoms with Crippen molar-refractivity contribution in [3.05, 3.63) is 29.8 Å². The zero-order valence-electron chi connectivity index (χ0n) is 10.2. The Morgan fingerprint density at radius 3 is 2.56 bits per heavy atom. The van der Waals surface area contributed by atoms with Crippen molar-refractivity contribution in [2.24, 2.45) is 5.92 Å². The summed E-state index contributed by atoms with van der Waals surface area (Å²) in [7, 11) is 0. The van der Waals surface area contributed by atoms with E-state index in [1.807, 2.05) is 13.0 Å². The molecule has 16 heavy (non-hydrogen) atoms. The zero-order chi connectivity index (χ0) is 12.1. The smallest absolute Gasteiger partial charge is 0.140 e. The highest BCUT2D eigenvalue weighted by molar-refractivity contribution is 5.85. The van der Waals surface area contributed by atoms with Crippen molar-refractivity contribution in [2.45, 2.75) is 39.5 Å². The van der Waals surface area contributed by atoms with Gasteiger partial charge in [0, 0.05) is 12.3 Å². The largest absolute Gasteiger partial charge is 0.508 e. The molecule has 2 heteroatoms. The van der Waals surface area contributed by atoms with E-state index in [0.717, 1.165) is 12.0 Å². The monoisotopic (exact) mass is 220 g/mol. The number of carbonyl (C=O) groups is 1. The van der Waals surface area contributed by atoms with E-state index >= 15 is 0 Å². The minimum atomic E-state index is -0.0721. The van der Waals surface area contributed by atoms with Gasteiger partial charge in [-0.25, -0.2) is 0 Å². The molecule has 0 heterocycles. The molecule has 0 bridgehead atoms. The second-order valence-electron chi connectivity index (χ2n) is 4.60. The normalized spacial score (nSPS) is 12.8. The maximum Gasteiger partial charge on any atom is 0.140 e. The fraction of sp³-hybridized carbons (Fsp3) is 0.500. The Hall–Kier alpha value is -1.31. The summed E-state index contributed by atoms with van der Waals surface area (Å²) < 4.78 is 0. The number of aromatic hydroxyl groups is 1. The summed E-state index contributed by atoms with van der Waals surface area (Å²) in [6, 6.07) is 7.04. The van der Waals surface area contributed by atoms with Crippen LogP contribution in [-0.4, -0.2) is 10.9 Å². The number of rotatable bonds is 5. The molecule has 88 valence electrons. The molecule has 0 aliphatic rings. The molecule has 1 atom stereocenters. The van der Waals surface area contributed by atoms with Crippen molar-refractivity contribution in [3.8, 4) is 5.75 Å². The third-order valence-electron chi connectivity index (χ3n) is 2.72. The summed E-state index contributed by atoms with van der Waals surface area (Å²) in [5.41, 5.74) is 0.931. The first-order valence-corrected chi connectivity index (χ1v) is 5.86. The number of carbonyl (C=O) groups excluding carboxylic acids is 1. The van der Waals surface area contributed by atoms with Gasteiger partial charge < -0.3 is 5.11 Å². The molecule has 1 aromatic rings. The van der Waals surface area contributed by atoms with Gasteiger partial charge in [0.25, 0.3) is 0 Å². The van der Waals surface area contributed by atoms with Gasteiger partial charge in [-0.3, -0.25) is 4.79 Å². The molecule has 0 radical (unpaired) electrons. The highest BCUT2D eigenvalue weighted by Gasteiger charge is 2.20. The molecular formula is C14H20O2. The first kappa shape index (κ1) is 12.8. The maximum absolute atomic E-state index is 11.9. The number of phenols is 1. The zero-order valence-corrected chi connectivity index (χ0v) is 10.2. The van der Waals surface area contributed by atoms with Crippen molar-refractivity contribution in [1.29, 1.82) is 0 Å². The molecule has 1 unspecified atom stereocenters. The molecule has 0 aliphatic carbocycles. The highest BCUT2D eigenvalue weighted by atomic mass is 16.3. The predicted octanol–water partition coefficient (Wildman–Crippen LogP) is 3.50. The quantitative estimate of drug-likeness (QED) is 0.824. The minimum Gasteiger partial charge on any atom is -0.508 e. The molecule has 0 fully saturated rings. The summed E-state index contributed by atoms with van der Waals surface area (Å²) >= 11 is 0. The van der Waals surface area contributed by atoms with E-state index < -0.39 is 0 Å². The van der Waals surface area contributed by atoms with Gasteiger partial charge in [-0.1, -0.05) is 32.9 Å². The van der Waals surface area contributed by atoms with Gasteiger partial charge in [-0.2, -0.15) is 0 Å². The maximum atomic E-state index is 11.9. The SMILES string of the molecule is CCC(=O)C(CC(C)C)c1cccc(O)c1. The summed E-state index contributed by atoms with van der Waals surface area (Å²) in [5.74, 6) is 0.884. The van der Waals surface area contributed by atoms with Crippen LogP contribution in [0.2, 0.25) is 0 Å². The third-order valence-corrected chi connectivity index (χ3v) is 2.72. The second kappa shape index (κ2) is 5.69. The molecule has 0 spiro atoms. The summed E-state index contributed by atoms with van der Waals surface area (Å²) in [5, 5.41) is 9.44. The second-order valence-corrected chi connectivity index (χ2v) is 4.60. The van der Waals surface area contributed by atoms with E-state index in [4.69, 9.17) is 0 Å². The standard InChI is InChI=1S/C14H20O2/c1-4-14(16)13(8-10(2)3)11-6-5-7-12(15)9-11/h5-7,9-10,13,15H,4,8H2,1-3H3. The molecular weight excluding hydrogens is 200 g/mol. The molecule has 1 aromatic carbocycles. The van der Waals surface area contributed by atoms with Crippen molar-refractivity contribution in [1.82, 2.24) is 0 Å². The lowest BCUT2D eigenvalue weighted by atomic mass is 9.86. The lowest BCUT2D eigenvalue weighted by molar-refractivity contribution is -0.120. The summed E-state index contributed by atoms with van der Waals surface area (Å²) in [4.78, 5) is 11.9. The van der Waals surface area contributed by atoms with Crippen LogP contribution >= 0.6 is 0 Å². The third kappa shape index (κ3) is 3.37. The van der Waals surface area contributed by atoms with E-state index in [-0.39, 0.29) is 17.5 Å². The van der Waals surface area contributed by atoms with Crippen LogP contribution in [0.1, 0.15) is 45.1 Å². The summed E-state index contributed by atoms with van der Waals surface area (Å²) in [6.07, 6.45) is 1.39. The van der Waals surface area contributed by atoms with Crippen LogP contribution in [-0.2, 0) is 4.79 Å². The molecule has 0 amide bonds. The Bertz CT molecular complexity index is 356. The topological polar surface area (TPSA) is 37.3 Å². The molecule has 0 saturated heterocycles. The van der Waals surface area contributed by atoms with Crippen molar-refractivity contribution >= 4 is 5.78 Å². The van der Waals surface area contributed by atoms with Gasteiger partial charge in [0.2, 0.25) is 0 Å². The average molecular weight is 220 g/mol. The van der Waals surface area contributed by atoms with E-state index in [0.29, 0.717) is 12.3 Å². The number of Topliss-reactive ketones (excluding diaryl/α,β-unsaturated/α-hetero) is 1. The first-order chi connectivity index (χ1) is 7.54. The molecule has 2 nitrogen and oxygen atoms in total. The van der Waals surface area contributed by atoms with E-state index in [1.54, 1.807) is 18.2 Å². The number of hydrogen-bond acceptors (Lipinski definition) is 2. The van der Waals surface area contributed by atoms with Crippen LogP contribution in [0, 0.1) is 5.92 Å². The number of hydrogen-bond donors (Lipinski definition) is 1. The minimum absolute atomic E-state index is 0.0721. The van der Waals surface area contributed by atoms with E-state index in [2.05, 4.69) is 13.8 Å². The van der Waals surface area contributed by atoms with Crippen molar-refractivity contribution in [2.75, 3.05) is 0 Å². The van der Waals surface area contributed by atoms with Crippen molar-refractivity contribution < 1.29 is 9.90 Å². The lowest BCUT2D eigenvalue weighted by Crippen LogP contribution is -2.13. The number of benzene rings is 1. The van der Waals surface area contributed by atoms with Crippen molar-refractivity contribution in [3.63, 3.8) is 0 Å². The Balaban J connectivity index is 2.96. The first-order valence-electron chi connectivity index (χ1n) is 5.86. The fourth-order valence-corrected chi connectivity index (χ4v) is 1.91. The number of ketones is 1. The Kier molecular flexibility index (Phi) is 4.53. The van der Waals surface area contributed by atoms with Crippen LogP contribution in [0.4, 0.5) is 0 Å². The Morgan fingerprint density at radius 1 is 1.38 bits per heavy atom. The molecule has 0 saturated carbocycles. The van der Waals surface area contributed by atoms with Crippen LogP contribution < -0.4 is 0 Å². The van der Waals surface area contributed by atoms with Gasteiger partial charge in [0.1, 0.15) is 11.5 Å². The van der Waals surface area contributed by atoms with E-state index in [1.165, 1.54) is 0 Å². The fourth-order valence-electron chi connectivity index (χ4n) is 1.91. The molecule has 0 aromatic heterocycles. The lowest BCUT2D eigenvalue weighted by Gasteiger charge is -2.17.